The van der Waals surface area contributed by atoms with Crippen LogP contribution < -0.4 is 4.83 Å². The van der Waals surface area contributed by atoms with Crippen molar-refractivity contribution < 1.29 is 8.42 Å². The highest BCUT2D eigenvalue weighted by Crippen LogP contribution is 2.09. The van der Waals surface area contributed by atoms with E-state index in [1.165, 1.54) is 6.21 Å². The van der Waals surface area contributed by atoms with Crippen molar-refractivity contribution in [3.8, 4) is 0 Å². The van der Waals surface area contributed by atoms with Gasteiger partial charge < -0.3 is 0 Å². The molecule has 0 aliphatic carbocycles. The first-order valence-corrected chi connectivity index (χ1v) is 6.27. The second kappa shape index (κ2) is 5.46. The van der Waals surface area contributed by atoms with Crippen LogP contribution in [0.2, 0.25) is 0 Å². The van der Waals surface area contributed by atoms with Crippen molar-refractivity contribution in [2.24, 2.45) is 5.10 Å². The van der Waals surface area contributed by atoms with Crippen LogP contribution in [0.4, 0.5) is 0 Å². The standard InChI is InChI=1S/C11H14N2O2S/c1-3-4-9-12-13-16(14,15)11-7-5-10(2)6-8-11/h3-9,13H,1-2H3/b4-3?,12-9+. The van der Waals surface area contributed by atoms with Gasteiger partial charge >= 0.3 is 0 Å². The molecule has 0 aromatic heterocycles. The smallest absolute Gasteiger partial charge is 0.200 e. The zero-order valence-electron chi connectivity index (χ0n) is 9.21. The van der Waals surface area contributed by atoms with Gasteiger partial charge in [-0.05, 0) is 32.1 Å². The van der Waals surface area contributed by atoms with Crippen molar-refractivity contribution >= 4 is 16.2 Å². The molecular formula is C11H14N2O2S. The number of aryl methyl sites for hydroxylation is 1. The molecule has 1 rings (SSSR count). The first-order chi connectivity index (χ1) is 7.56. The number of hydrazone groups is 1. The Bertz CT molecular complexity index is 487. The van der Waals surface area contributed by atoms with E-state index in [0.29, 0.717) is 0 Å². The van der Waals surface area contributed by atoms with Gasteiger partial charge in [0, 0.05) is 6.21 Å². The Balaban J connectivity index is 2.82. The van der Waals surface area contributed by atoms with Gasteiger partial charge in [0.05, 0.1) is 4.90 Å². The molecule has 5 heteroatoms. The fourth-order valence-electron chi connectivity index (χ4n) is 0.999. The summed E-state index contributed by atoms with van der Waals surface area (Å²) in [5.41, 5.74) is 1.01. The predicted molar refractivity (Wildman–Crippen MR) is 64.8 cm³/mol. The Morgan fingerprint density at radius 3 is 2.44 bits per heavy atom. The normalized spacial score (nSPS) is 12.4. The third-order valence-corrected chi connectivity index (χ3v) is 3.10. The minimum atomic E-state index is -3.54. The Labute approximate surface area is 95.7 Å². The van der Waals surface area contributed by atoms with Crippen LogP contribution in [0, 0.1) is 6.92 Å². The molecule has 0 spiro atoms. The van der Waals surface area contributed by atoms with Crippen LogP contribution in [0.5, 0.6) is 0 Å². The maximum Gasteiger partial charge on any atom is 0.276 e. The molecule has 0 radical (unpaired) electrons. The molecule has 86 valence electrons. The Morgan fingerprint density at radius 1 is 1.25 bits per heavy atom. The molecule has 0 aliphatic rings. The van der Waals surface area contributed by atoms with Crippen LogP contribution in [0.3, 0.4) is 0 Å². The maximum atomic E-state index is 11.7. The van der Waals surface area contributed by atoms with Gasteiger partial charge in [-0.25, -0.2) is 4.83 Å². The monoisotopic (exact) mass is 238 g/mol. The number of sulfonamides is 1. The first kappa shape index (κ1) is 12.4. The summed E-state index contributed by atoms with van der Waals surface area (Å²) in [6.45, 7) is 3.72. The fourth-order valence-corrected chi connectivity index (χ4v) is 1.80. The van der Waals surface area contributed by atoms with Crippen LogP contribution in [0.1, 0.15) is 12.5 Å². The van der Waals surface area contributed by atoms with Crippen LogP contribution in [0.25, 0.3) is 0 Å². The molecule has 16 heavy (non-hydrogen) atoms. The Hall–Kier alpha value is -1.62. The van der Waals surface area contributed by atoms with Gasteiger partial charge in [0.25, 0.3) is 10.0 Å². The highest BCUT2D eigenvalue weighted by molar-refractivity contribution is 7.89. The van der Waals surface area contributed by atoms with Crippen molar-refractivity contribution in [1.82, 2.24) is 4.83 Å². The number of rotatable bonds is 4. The van der Waals surface area contributed by atoms with E-state index in [9.17, 15) is 8.42 Å². The minimum absolute atomic E-state index is 0.204. The topological polar surface area (TPSA) is 58.5 Å². The summed E-state index contributed by atoms with van der Waals surface area (Å²) < 4.78 is 23.3. The zero-order valence-corrected chi connectivity index (χ0v) is 10.0. The molecule has 0 unspecified atom stereocenters. The lowest BCUT2D eigenvalue weighted by molar-refractivity contribution is 0.584. The molecule has 0 heterocycles. The second-order valence-corrected chi connectivity index (χ2v) is 4.87. The SMILES string of the molecule is CC=C/C=N/NS(=O)(=O)c1ccc(C)cc1. The molecule has 0 aliphatic heterocycles. The number of nitrogens with one attached hydrogen (secondary N) is 1. The summed E-state index contributed by atoms with van der Waals surface area (Å²) in [6.07, 6.45) is 4.77. The molecule has 0 saturated heterocycles. The molecule has 1 aromatic carbocycles. The molecule has 0 saturated carbocycles. The summed E-state index contributed by atoms with van der Waals surface area (Å²) in [5.74, 6) is 0. The van der Waals surface area contributed by atoms with E-state index < -0.39 is 10.0 Å². The summed E-state index contributed by atoms with van der Waals surface area (Å²) in [7, 11) is -3.54. The van der Waals surface area contributed by atoms with Gasteiger partial charge in [-0.2, -0.15) is 13.5 Å². The van der Waals surface area contributed by atoms with Gasteiger partial charge in [0.15, 0.2) is 0 Å². The fraction of sp³-hybridized carbons (Fsp3) is 0.182. The van der Waals surface area contributed by atoms with E-state index in [1.54, 1.807) is 36.4 Å². The molecule has 0 atom stereocenters. The molecule has 0 fully saturated rings. The zero-order chi connectivity index (χ0) is 12.0. The summed E-state index contributed by atoms with van der Waals surface area (Å²) in [5, 5.41) is 3.58. The van der Waals surface area contributed by atoms with Crippen LogP contribution in [-0.4, -0.2) is 14.6 Å². The van der Waals surface area contributed by atoms with Crippen LogP contribution in [-0.2, 0) is 10.0 Å². The van der Waals surface area contributed by atoms with Crippen molar-refractivity contribution in [2.75, 3.05) is 0 Å². The molecule has 4 nitrogen and oxygen atoms in total. The third-order valence-electron chi connectivity index (χ3n) is 1.86. The minimum Gasteiger partial charge on any atom is -0.200 e. The third kappa shape index (κ3) is 3.51. The number of benzene rings is 1. The highest BCUT2D eigenvalue weighted by Gasteiger charge is 2.11. The van der Waals surface area contributed by atoms with Gasteiger partial charge in [0.2, 0.25) is 0 Å². The van der Waals surface area contributed by atoms with Crippen LogP contribution in [0.15, 0.2) is 46.4 Å². The van der Waals surface area contributed by atoms with Gasteiger partial charge in [-0.1, -0.05) is 23.8 Å². The molecule has 0 amide bonds. The van der Waals surface area contributed by atoms with Crippen LogP contribution >= 0.6 is 0 Å². The number of hydrogen-bond acceptors (Lipinski definition) is 3. The second-order valence-electron chi connectivity index (χ2n) is 3.21. The van der Waals surface area contributed by atoms with Gasteiger partial charge in [-0.15, -0.1) is 0 Å². The Morgan fingerprint density at radius 2 is 1.88 bits per heavy atom. The van der Waals surface area contributed by atoms with E-state index in [2.05, 4.69) is 9.93 Å². The van der Waals surface area contributed by atoms with Gasteiger partial charge in [-0.3, -0.25) is 0 Å². The van der Waals surface area contributed by atoms with E-state index in [0.717, 1.165) is 5.56 Å². The first-order valence-electron chi connectivity index (χ1n) is 4.79. The quantitative estimate of drug-likeness (QED) is 0.642. The van der Waals surface area contributed by atoms with Crippen molar-refractivity contribution in [3.05, 3.63) is 42.0 Å². The molecular weight excluding hydrogens is 224 g/mol. The average Bonchev–Trinajstić information content (AvgIpc) is 2.25. The molecule has 1 N–H and O–H groups in total. The summed E-state index contributed by atoms with van der Waals surface area (Å²) in [4.78, 5) is 2.32. The van der Waals surface area contributed by atoms with E-state index in [-0.39, 0.29) is 4.90 Å². The van der Waals surface area contributed by atoms with E-state index in [4.69, 9.17) is 0 Å². The Kier molecular flexibility index (Phi) is 4.25. The highest BCUT2D eigenvalue weighted by atomic mass is 32.2. The number of nitrogens with zero attached hydrogens (tertiary/aromatic N) is 1. The maximum absolute atomic E-state index is 11.7. The number of allylic oxidation sites excluding steroid dienone is 2. The van der Waals surface area contributed by atoms with Crippen molar-refractivity contribution in [2.45, 2.75) is 18.7 Å². The average molecular weight is 238 g/mol. The van der Waals surface area contributed by atoms with Crippen molar-refractivity contribution in [1.29, 1.82) is 0 Å². The lowest BCUT2D eigenvalue weighted by Gasteiger charge is -2.02. The molecule has 1 aromatic rings. The lowest BCUT2D eigenvalue weighted by atomic mass is 10.2. The summed E-state index contributed by atoms with van der Waals surface area (Å²) >= 11 is 0. The number of hydrogen-bond donors (Lipinski definition) is 1. The summed E-state index contributed by atoms with van der Waals surface area (Å²) in [6, 6.07) is 6.57. The predicted octanol–water partition coefficient (Wildman–Crippen LogP) is 1.84. The van der Waals surface area contributed by atoms with Crippen molar-refractivity contribution in [3.63, 3.8) is 0 Å². The van der Waals surface area contributed by atoms with Gasteiger partial charge in [0.1, 0.15) is 0 Å². The van der Waals surface area contributed by atoms with E-state index >= 15 is 0 Å². The largest absolute Gasteiger partial charge is 0.276 e. The molecule has 0 bridgehead atoms. The lowest BCUT2D eigenvalue weighted by Crippen LogP contribution is -2.17. The van der Waals surface area contributed by atoms with E-state index in [1.807, 2.05) is 13.8 Å².